The molecule has 0 saturated carbocycles. The van der Waals surface area contributed by atoms with Crippen LogP contribution in [-0.2, 0) is 19.0 Å². The van der Waals surface area contributed by atoms with Gasteiger partial charge in [-0.2, -0.15) is 0 Å². The van der Waals surface area contributed by atoms with Gasteiger partial charge in [0.1, 0.15) is 0 Å². The zero-order valence-electron chi connectivity index (χ0n) is 10.5. The van der Waals surface area contributed by atoms with Crippen LogP contribution in [0.2, 0.25) is 0 Å². The molecule has 0 aliphatic carbocycles. The van der Waals surface area contributed by atoms with E-state index >= 15 is 0 Å². The minimum atomic E-state index is -0.199. The molecule has 16 heavy (non-hydrogen) atoms. The molecule has 0 saturated heterocycles. The van der Waals surface area contributed by atoms with Crippen molar-refractivity contribution < 1.29 is 19.0 Å². The summed E-state index contributed by atoms with van der Waals surface area (Å²) in [6.45, 7) is 3.44. The Morgan fingerprint density at radius 1 is 1.00 bits per heavy atom. The zero-order chi connectivity index (χ0) is 12.2. The average Bonchev–Trinajstić information content (AvgIpc) is 2.29. The molecule has 5 heteroatoms. The highest BCUT2D eigenvalue weighted by molar-refractivity contribution is 5.71. The van der Waals surface area contributed by atoms with Crippen LogP contribution in [0, 0.1) is 0 Å². The first-order valence-corrected chi connectivity index (χ1v) is 5.51. The highest BCUT2D eigenvalue weighted by Gasteiger charge is 2.10. The third-order valence-electron chi connectivity index (χ3n) is 2.23. The van der Waals surface area contributed by atoms with E-state index in [9.17, 15) is 4.79 Å². The van der Waals surface area contributed by atoms with Gasteiger partial charge in [-0.1, -0.05) is 0 Å². The van der Waals surface area contributed by atoms with Crippen molar-refractivity contribution in [1.82, 2.24) is 4.90 Å². The van der Waals surface area contributed by atoms with Gasteiger partial charge in [0.05, 0.1) is 13.7 Å². The fourth-order valence-corrected chi connectivity index (χ4v) is 1.38. The van der Waals surface area contributed by atoms with Crippen LogP contribution in [0.5, 0.6) is 0 Å². The molecule has 0 N–H and O–H groups in total. The highest BCUT2D eigenvalue weighted by atomic mass is 16.5. The van der Waals surface area contributed by atoms with Crippen molar-refractivity contribution in [2.75, 3.05) is 54.2 Å². The number of hydrogen-bond acceptors (Lipinski definition) is 5. The largest absolute Gasteiger partial charge is 0.468 e. The van der Waals surface area contributed by atoms with Gasteiger partial charge in [0, 0.05) is 40.5 Å². The Labute approximate surface area is 97.7 Å². The number of hydrogen-bond donors (Lipinski definition) is 0. The maximum absolute atomic E-state index is 11.2. The summed E-state index contributed by atoms with van der Waals surface area (Å²) >= 11 is 0. The molecule has 0 radical (unpaired) electrons. The second-order valence-electron chi connectivity index (χ2n) is 3.54. The molecule has 0 aromatic rings. The Balaban J connectivity index is 3.80. The van der Waals surface area contributed by atoms with E-state index in [2.05, 4.69) is 9.64 Å². The van der Waals surface area contributed by atoms with Gasteiger partial charge < -0.3 is 14.2 Å². The number of esters is 1. The molecule has 0 unspecified atom stereocenters. The van der Waals surface area contributed by atoms with Crippen molar-refractivity contribution in [2.45, 2.75) is 12.8 Å². The van der Waals surface area contributed by atoms with Crippen LogP contribution in [0.15, 0.2) is 0 Å². The fraction of sp³-hybridized carbons (Fsp3) is 0.909. The Bertz CT molecular complexity index is 165. The summed E-state index contributed by atoms with van der Waals surface area (Å²) in [5, 5.41) is 0. The molecule has 5 nitrogen and oxygen atoms in total. The van der Waals surface area contributed by atoms with Crippen LogP contribution < -0.4 is 0 Å². The van der Waals surface area contributed by atoms with Gasteiger partial charge >= 0.3 is 5.97 Å². The maximum atomic E-state index is 11.2. The van der Waals surface area contributed by atoms with Gasteiger partial charge in [-0.3, -0.25) is 9.69 Å². The predicted octanol–water partition coefficient (Wildman–Crippen LogP) is 0.534. The highest BCUT2D eigenvalue weighted by Crippen LogP contribution is 1.96. The van der Waals surface area contributed by atoms with E-state index in [1.807, 2.05) is 0 Å². The maximum Gasteiger partial charge on any atom is 0.319 e. The van der Waals surface area contributed by atoms with E-state index in [1.165, 1.54) is 7.11 Å². The van der Waals surface area contributed by atoms with Crippen LogP contribution in [0.3, 0.4) is 0 Å². The van der Waals surface area contributed by atoms with E-state index in [0.717, 1.165) is 25.9 Å². The molecule has 0 amide bonds. The van der Waals surface area contributed by atoms with Crippen LogP contribution in [0.4, 0.5) is 0 Å². The smallest absolute Gasteiger partial charge is 0.319 e. The fourth-order valence-electron chi connectivity index (χ4n) is 1.38. The van der Waals surface area contributed by atoms with E-state index in [0.29, 0.717) is 19.8 Å². The molecule has 0 fully saturated rings. The first-order valence-electron chi connectivity index (χ1n) is 5.51. The Hall–Kier alpha value is -0.650. The Morgan fingerprint density at radius 3 is 1.88 bits per heavy atom. The summed E-state index contributed by atoms with van der Waals surface area (Å²) in [6.07, 6.45) is 1.83. The first kappa shape index (κ1) is 15.3. The molecule has 0 spiro atoms. The van der Waals surface area contributed by atoms with Crippen LogP contribution in [-0.4, -0.2) is 65.0 Å². The average molecular weight is 233 g/mol. The lowest BCUT2D eigenvalue weighted by molar-refractivity contribution is -0.142. The number of carbonyl (C=O) groups excluding carboxylic acids is 1. The van der Waals surface area contributed by atoms with Gasteiger partial charge in [0.15, 0.2) is 0 Å². The minimum absolute atomic E-state index is 0.199. The lowest BCUT2D eigenvalue weighted by Crippen LogP contribution is -2.33. The molecule has 0 aromatic heterocycles. The molecule has 0 aliphatic rings. The molecule has 0 heterocycles. The molecule has 0 aromatic carbocycles. The summed E-state index contributed by atoms with van der Waals surface area (Å²) in [4.78, 5) is 13.2. The number of nitrogens with zero attached hydrogens (tertiary/aromatic N) is 1. The lowest BCUT2D eigenvalue weighted by atomic mass is 10.3. The van der Waals surface area contributed by atoms with Crippen molar-refractivity contribution in [3.05, 3.63) is 0 Å². The second-order valence-corrected chi connectivity index (χ2v) is 3.54. The number of methoxy groups -OCH3 is 3. The predicted molar refractivity (Wildman–Crippen MR) is 61.4 cm³/mol. The van der Waals surface area contributed by atoms with Gasteiger partial charge in [0.2, 0.25) is 0 Å². The number of ether oxygens (including phenoxy) is 3. The summed E-state index contributed by atoms with van der Waals surface area (Å²) < 4.78 is 14.6. The monoisotopic (exact) mass is 233 g/mol. The zero-order valence-corrected chi connectivity index (χ0v) is 10.5. The van der Waals surface area contributed by atoms with Crippen molar-refractivity contribution in [2.24, 2.45) is 0 Å². The van der Waals surface area contributed by atoms with Crippen LogP contribution in [0.25, 0.3) is 0 Å². The SMILES string of the molecule is COCCCN(CCCOC)CC(=O)OC. The summed E-state index contributed by atoms with van der Waals surface area (Å²) in [5.41, 5.74) is 0. The Morgan fingerprint density at radius 2 is 1.50 bits per heavy atom. The number of rotatable bonds is 10. The van der Waals surface area contributed by atoms with Gasteiger partial charge in [-0.05, 0) is 12.8 Å². The molecular weight excluding hydrogens is 210 g/mol. The van der Waals surface area contributed by atoms with Crippen molar-refractivity contribution in [3.63, 3.8) is 0 Å². The third-order valence-corrected chi connectivity index (χ3v) is 2.23. The summed E-state index contributed by atoms with van der Waals surface area (Å²) in [6, 6.07) is 0. The van der Waals surface area contributed by atoms with Crippen molar-refractivity contribution in [3.8, 4) is 0 Å². The van der Waals surface area contributed by atoms with E-state index < -0.39 is 0 Å². The van der Waals surface area contributed by atoms with E-state index in [-0.39, 0.29) is 5.97 Å². The molecule has 0 aliphatic heterocycles. The van der Waals surface area contributed by atoms with Gasteiger partial charge in [-0.15, -0.1) is 0 Å². The normalized spacial score (nSPS) is 10.8. The summed E-state index contributed by atoms with van der Waals surface area (Å²) in [7, 11) is 4.76. The second kappa shape index (κ2) is 10.9. The topological polar surface area (TPSA) is 48.0 Å². The molecular formula is C11H23NO4. The van der Waals surface area contributed by atoms with Crippen molar-refractivity contribution in [1.29, 1.82) is 0 Å². The number of carbonyl (C=O) groups is 1. The van der Waals surface area contributed by atoms with Crippen molar-refractivity contribution >= 4 is 5.97 Å². The standard InChI is InChI=1S/C11H23NO4/c1-14-8-4-6-12(7-5-9-15-2)10-11(13)16-3/h4-10H2,1-3H3. The van der Waals surface area contributed by atoms with Gasteiger partial charge in [0.25, 0.3) is 0 Å². The molecule has 0 rings (SSSR count). The molecule has 0 atom stereocenters. The first-order chi connectivity index (χ1) is 7.74. The van der Waals surface area contributed by atoms with Crippen LogP contribution in [0.1, 0.15) is 12.8 Å². The van der Waals surface area contributed by atoms with Gasteiger partial charge in [-0.25, -0.2) is 0 Å². The molecule has 0 bridgehead atoms. The summed E-state index contributed by atoms with van der Waals surface area (Å²) in [5.74, 6) is -0.199. The quantitative estimate of drug-likeness (QED) is 0.407. The van der Waals surface area contributed by atoms with E-state index in [1.54, 1.807) is 14.2 Å². The third kappa shape index (κ3) is 8.64. The lowest BCUT2D eigenvalue weighted by Gasteiger charge is -2.20. The molecule has 96 valence electrons. The minimum Gasteiger partial charge on any atom is -0.468 e. The van der Waals surface area contributed by atoms with E-state index in [4.69, 9.17) is 9.47 Å². The van der Waals surface area contributed by atoms with Crippen LogP contribution >= 0.6 is 0 Å². The Kier molecular flexibility index (Phi) is 10.4.